The molecule has 8 fully saturated rings. The van der Waals surface area contributed by atoms with E-state index in [1.807, 2.05) is 76.4 Å². The van der Waals surface area contributed by atoms with Crippen LogP contribution in [0.25, 0.3) is 43.6 Å². The van der Waals surface area contributed by atoms with Gasteiger partial charge in [-0.25, -0.2) is 60.9 Å². The van der Waals surface area contributed by atoms with Crippen LogP contribution in [0.2, 0.25) is 5.28 Å². The average Bonchev–Trinajstić information content (AvgIpc) is 1.36. The molecule has 766 valence electrons. The molecular formula is C97H127ClF6LiN22O15-. The minimum absolute atomic E-state index is 0. The number of amides is 3. The van der Waals surface area contributed by atoms with Crippen LogP contribution in [-0.4, -0.2) is 266 Å². The summed E-state index contributed by atoms with van der Waals surface area (Å²) in [7, 11) is 11.2. The molecule has 18 rings (SSSR count). The number of aromatic nitrogens is 8. The maximum absolute atomic E-state index is 15.3. The minimum atomic E-state index is -0.683. The van der Waals surface area contributed by atoms with Crippen molar-refractivity contribution in [3.8, 4) is 46.0 Å². The molecule has 8 saturated heterocycles. The molecule has 45 heteroatoms. The number of hydrogen-bond donors (Lipinski definition) is 8. The van der Waals surface area contributed by atoms with Crippen molar-refractivity contribution in [2.24, 2.45) is 0 Å². The molecule has 8 aliphatic heterocycles. The van der Waals surface area contributed by atoms with Crippen molar-refractivity contribution in [3.63, 3.8) is 0 Å². The van der Waals surface area contributed by atoms with Gasteiger partial charge >= 0.3 is 31.0 Å². The second kappa shape index (κ2) is 48.6. The number of benzene rings is 6. The van der Waals surface area contributed by atoms with E-state index in [1.54, 1.807) is 47.4 Å². The predicted molar refractivity (Wildman–Crippen MR) is 525 cm³/mol. The number of hydrogen-bond acceptors (Lipinski definition) is 34. The normalized spacial score (nSPS) is 19.4. The first-order valence-electron chi connectivity index (χ1n) is 45.9. The average molecular weight is 2000 g/mol. The van der Waals surface area contributed by atoms with Gasteiger partial charge in [0.2, 0.25) is 29.0 Å². The number of nitrogens with one attached hydrogen (secondary N) is 4. The van der Waals surface area contributed by atoms with Crippen LogP contribution in [0.4, 0.5) is 77.0 Å². The van der Waals surface area contributed by atoms with Gasteiger partial charge in [0.1, 0.15) is 68.2 Å². The van der Waals surface area contributed by atoms with Crippen molar-refractivity contribution in [3.05, 3.63) is 124 Å². The molecular weight excluding hydrogens is 1870 g/mol. The number of ether oxygens (including phenoxy) is 10. The number of rotatable bonds is 21. The molecule has 142 heavy (non-hydrogen) atoms. The summed E-state index contributed by atoms with van der Waals surface area (Å²) in [6, 6.07) is 20.0. The van der Waals surface area contributed by atoms with Gasteiger partial charge in [0.25, 0.3) is 0 Å². The Kier molecular flexibility index (Phi) is 38.2. The van der Waals surface area contributed by atoms with Gasteiger partial charge in [-0.3, -0.25) is 11.1 Å². The minimum Gasteiger partial charge on any atom is -0.870 e. The van der Waals surface area contributed by atoms with Gasteiger partial charge in [0, 0.05) is 129 Å². The monoisotopic (exact) mass is 2000 g/mol. The number of anilines is 7. The van der Waals surface area contributed by atoms with Crippen LogP contribution in [0, 0.1) is 34.9 Å². The Labute approximate surface area is 838 Å². The summed E-state index contributed by atoms with van der Waals surface area (Å²) in [4.78, 5) is 94.2. The largest absolute Gasteiger partial charge is 1.00 e. The number of carbonyl (C=O) groups is 3. The zero-order chi connectivity index (χ0) is 100. The third-order valence-electron chi connectivity index (χ3n) is 25.2. The summed E-state index contributed by atoms with van der Waals surface area (Å²) >= 11 is 5.62. The molecule has 10 aromatic rings. The smallest absolute Gasteiger partial charge is 0.870 e. The zero-order valence-corrected chi connectivity index (χ0v) is 83.0. The topological polar surface area (TPSA) is 465 Å². The second-order valence-electron chi connectivity index (χ2n) is 36.5. The molecule has 6 aromatic carbocycles. The molecule has 3 amide bonds. The van der Waals surface area contributed by atoms with E-state index in [1.165, 1.54) is 100 Å². The van der Waals surface area contributed by atoms with Crippen molar-refractivity contribution >= 4 is 121 Å². The van der Waals surface area contributed by atoms with Gasteiger partial charge in [-0.1, -0.05) is 45.5 Å². The molecule has 0 spiro atoms. The van der Waals surface area contributed by atoms with Gasteiger partial charge < -0.3 is 131 Å². The summed E-state index contributed by atoms with van der Waals surface area (Å²) < 4.78 is 137. The molecule has 8 aliphatic rings. The number of carbonyl (C=O) groups excluding carboxylic acids is 4. The standard InChI is InChI=1S/C27H32F2N6O3.C21H28FN5O4.C16H20FN5O2.C11H13FNO.C11H20N2O2.C10H9ClFN3O2.CH4.Li.H2O/c1-4-31-20(15-5-7-16(28)8-6-15)12-22(36)34-13-17-9-10-18(14-34)35(17)27-32-24-19(26(30)33-27)11-21(37-2)25(38-3)23(24)29;1-21(2,3)31-20(28)26-9-11-6-7-12(10-26)27(11)19-24-16-13(18(23)25-19)8-14(29-4)17(30-5)15(16)22;1-23-11-5-10-13(12(17)14(11)24-2)20-16(21-15(10)18)22-8-3-4-9(22)7-19-6-8;1-2-13-11(7-8-14)9-3-5-10(12)6-4-9;1-11(2,3)15-10(14)13-6-8-4-5-9(7-13)12-8;1-16-5-3-4-7(6(12)8(5)17-2)14-10(11)15-9(4)13;;;/h5-8,11,17-18,20,31H,4,9-10,12-14H2,1-3H3,(H2,30,32,33);8,11-12H,6-7,9-10H2,1-5H3,(H2,23,24,25);5,8-9,19H,3-4,6-7H2,1-2H3,(H2,18,20,21);3-6,11,13H,2,7H2,1H3;8-9,12H,4-7H2,1-3H3;3H,1-2H3,(H2,13,14,15);1H4;;1H2/q;;;-1;;;;+1;/p-1/t17?,18?,20-;;;11-;;;;;/m1..1...../s1. The van der Waals surface area contributed by atoms with Gasteiger partial charge in [0.05, 0.1) is 69.0 Å². The van der Waals surface area contributed by atoms with E-state index < -0.39 is 28.9 Å². The number of fused-ring (bicyclic) bond motifs is 12. The number of halogens is 7. The third-order valence-corrected chi connectivity index (χ3v) is 25.4. The Morgan fingerprint density at radius 3 is 1.07 bits per heavy atom. The fraction of sp³-hybridized carbons (Fsp3) is 0.505. The molecule has 4 aromatic heterocycles. The van der Waals surface area contributed by atoms with Crippen LogP contribution in [0.3, 0.4) is 0 Å². The van der Waals surface area contributed by atoms with E-state index in [4.69, 9.17) is 81.9 Å². The Bertz CT molecular complexity index is 6020. The first kappa shape index (κ1) is 112. The van der Waals surface area contributed by atoms with Crippen LogP contribution in [0.1, 0.15) is 150 Å². The summed E-state index contributed by atoms with van der Waals surface area (Å²) in [6.45, 7) is 22.0. The van der Waals surface area contributed by atoms with E-state index in [2.05, 4.69) is 70.9 Å². The van der Waals surface area contributed by atoms with E-state index in [0.29, 0.717) is 103 Å². The quantitative estimate of drug-likeness (QED) is 0.0143. The van der Waals surface area contributed by atoms with Crippen LogP contribution in [0.15, 0.2) is 72.8 Å². The Morgan fingerprint density at radius 2 is 0.746 bits per heavy atom. The van der Waals surface area contributed by atoms with Gasteiger partial charge in [-0.05, 0) is 177 Å². The molecule has 12 heterocycles. The van der Waals surface area contributed by atoms with Crippen LogP contribution in [-0.2, 0) is 19.1 Å². The van der Waals surface area contributed by atoms with Gasteiger partial charge in [0.15, 0.2) is 69.3 Å². The fourth-order valence-corrected chi connectivity index (χ4v) is 19.1. The first-order valence-corrected chi connectivity index (χ1v) is 46.3. The van der Waals surface area contributed by atoms with Crippen molar-refractivity contribution in [1.29, 1.82) is 0 Å². The summed E-state index contributed by atoms with van der Waals surface area (Å²) in [5.41, 5.74) is 25.3. The number of nitrogen functional groups attached to an aromatic ring is 4. The number of nitrogens with two attached hydrogens (primary N) is 4. The molecule has 37 nitrogen and oxygen atoms in total. The second-order valence-corrected chi connectivity index (χ2v) is 36.8. The van der Waals surface area contributed by atoms with Crippen LogP contribution < -0.4 is 116 Å². The van der Waals surface area contributed by atoms with E-state index in [0.717, 1.165) is 82.4 Å². The first-order chi connectivity index (χ1) is 66.4. The van der Waals surface area contributed by atoms with Crippen LogP contribution >= 0.6 is 11.6 Å². The van der Waals surface area contributed by atoms with Crippen molar-refractivity contribution in [2.75, 3.05) is 160 Å². The molecule has 13 N–H and O–H groups in total. The number of likely N-dealkylation sites (tertiary alicyclic amines) is 3. The Morgan fingerprint density at radius 1 is 0.444 bits per heavy atom. The van der Waals surface area contributed by atoms with Crippen molar-refractivity contribution in [2.45, 2.75) is 199 Å². The summed E-state index contributed by atoms with van der Waals surface area (Å²) in [5.74, 6) is -0.462. The predicted octanol–water partition coefficient (Wildman–Crippen LogP) is 10.5. The molecule has 0 saturated carbocycles. The Hall–Kier alpha value is -12.4. The zero-order valence-electron chi connectivity index (χ0n) is 82.2. The molecule has 8 bridgehead atoms. The maximum Gasteiger partial charge on any atom is 1.00 e. The van der Waals surface area contributed by atoms with Gasteiger partial charge in [-0.2, -0.15) is 15.0 Å². The molecule has 0 radical (unpaired) electrons. The van der Waals surface area contributed by atoms with Crippen LogP contribution in [0.5, 0.6) is 46.0 Å². The fourth-order valence-electron chi connectivity index (χ4n) is 18.9. The SMILES string of the molecule is C.CC(C)(C)OC(=O)N1CC2CCC(C1)N2.CCN[C@H](CC(=O)N1CC2CCC(C1)N2c1nc(N)c2cc(OC)c(OC)c(F)c2n1)c1ccc(F)cc1.CCN[C@H](C[C-]=O)c1ccc(F)cc1.COc1cc2c(N)nc(Cl)nc2c(F)c1OC.COc1cc2c(N)nc(N3C4CCC3CN(C(=O)OC(C)(C)C)C4)nc2c(F)c1OC.COc1cc2c(N)nc(N3C4CCC3CNC4)nc2c(F)c1OC.[Li+].[OH-]. The van der Waals surface area contributed by atoms with E-state index in [-0.39, 0.29) is 206 Å². The Balaban J connectivity index is 0.000000181. The van der Waals surface area contributed by atoms with Crippen molar-refractivity contribution in [1.82, 2.24) is 75.8 Å². The van der Waals surface area contributed by atoms with E-state index in [9.17, 15) is 36.7 Å². The summed E-state index contributed by atoms with van der Waals surface area (Å²) in [5, 5.41) is 14.7. The van der Waals surface area contributed by atoms with Gasteiger partial charge in [-0.15, -0.1) is 6.42 Å². The molecule has 8 unspecified atom stereocenters. The number of methoxy groups -OCH3 is 8. The number of piperazine rings is 4. The van der Waals surface area contributed by atoms with E-state index >= 15 is 8.78 Å². The third kappa shape index (κ3) is 25.3. The maximum atomic E-state index is 15.3. The van der Waals surface area contributed by atoms with Crippen molar-refractivity contribution < 1.29 is 117 Å². The summed E-state index contributed by atoms with van der Waals surface area (Å²) in [6.07, 6.45) is 9.92. The molecule has 0 aliphatic carbocycles. The number of nitrogens with zero attached hydrogens (tertiary/aromatic N) is 14. The molecule has 10 atom stereocenters.